The monoisotopic (exact) mass is 369 g/mol. The molecule has 0 saturated carbocycles. The van der Waals surface area contributed by atoms with Crippen molar-refractivity contribution in [3.8, 4) is 11.4 Å². The average Bonchev–Trinajstić information content (AvgIpc) is 3.27. The minimum Gasteiger partial charge on any atom is -0.341 e. The Kier molecular flexibility index (Phi) is 4.87. The molecule has 27 heavy (non-hydrogen) atoms. The van der Waals surface area contributed by atoms with Crippen LogP contribution in [0, 0.1) is 5.92 Å². The van der Waals surface area contributed by atoms with Crippen LogP contribution in [0.1, 0.15) is 31.6 Å². The van der Waals surface area contributed by atoms with Gasteiger partial charge in [-0.2, -0.15) is 4.98 Å². The van der Waals surface area contributed by atoms with Crippen molar-refractivity contribution in [2.75, 3.05) is 20.1 Å². The van der Waals surface area contributed by atoms with E-state index in [-0.39, 0.29) is 17.9 Å². The van der Waals surface area contributed by atoms with Crippen LogP contribution in [0.2, 0.25) is 0 Å². The number of likely N-dealkylation sites (N-methyl/N-ethyl adjacent to an activating group) is 1. The van der Waals surface area contributed by atoms with Crippen molar-refractivity contribution in [3.63, 3.8) is 0 Å². The van der Waals surface area contributed by atoms with Crippen LogP contribution in [0.4, 0.5) is 0 Å². The number of rotatable bonds is 5. The first-order valence-electron chi connectivity index (χ1n) is 9.38. The molecule has 0 unspecified atom stereocenters. The summed E-state index contributed by atoms with van der Waals surface area (Å²) in [4.78, 5) is 36.5. The van der Waals surface area contributed by atoms with Gasteiger partial charge in [-0.25, -0.2) is 0 Å². The van der Waals surface area contributed by atoms with E-state index in [1.807, 2.05) is 29.0 Å². The molecule has 0 aliphatic carbocycles. The zero-order chi connectivity index (χ0) is 18.8. The second-order valence-corrected chi connectivity index (χ2v) is 7.27. The van der Waals surface area contributed by atoms with Gasteiger partial charge in [0, 0.05) is 57.4 Å². The second kappa shape index (κ2) is 7.46. The summed E-state index contributed by atoms with van der Waals surface area (Å²) in [6.07, 6.45) is 6.58. The fraction of sp³-hybridized carbons (Fsp3) is 0.526. The molecule has 0 radical (unpaired) electrons. The Balaban J connectivity index is 1.27. The highest BCUT2D eigenvalue weighted by molar-refractivity contribution is 5.80. The van der Waals surface area contributed by atoms with E-state index in [0.29, 0.717) is 49.9 Å². The first-order valence-corrected chi connectivity index (χ1v) is 9.38. The van der Waals surface area contributed by atoms with Gasteiger partial charge < -0.3 is 14.3 Å². The van der Waals surface area contributed by atoms with Crippen LogP contribution in [0.15, 0.2) is 29.0 Å². The smallest absolute Gasteiger partial charge is 0.226 e. The number of carbonyl (C=O) groups is 2. The summed E-state index contributed by atoms with van der Waals surface area (Å²) in [5.41, 5.74) is 0.807. The van der Waals surface area contributed by atoms with E-state index in [0.717, 1.165) is 18.5 Å². The molecule has 4 rings (SSSR count). The molecule has 2 aliphatic heterocycles. The van der Waals surface area contributed by atoms with Crippen LogP contribution in [0.25, 0.3) is 11.4 Å². The SMILES string of the molecule is CN1C(=O)C[C@H]2CCN(C(=O)CCCc3nc(-c4cccnc4)no3)C[C@H]21. The molecule has 2 aromatic rings. The molecule has 8 heteroatoms. The Hall–Kier alpha value is -2.77. The highest BCUT2D eigenvalue weighted by Gasteiger charge is 2.41. The number of hydrogen-bond donors (Lipinski definition) is 0. The topological polar surface area (TPSA) is 92.4 Å². The summed E-state index contributed by atoms with van der Waals surface area (Å²) in [5.74, 6) is 1.77. The van der Waals surface area contributed by atoms with Crippen LogP contribution in [-0.4, -0.2) is 62.9 Å². The Morgan fingerprint density at radius 2 is 2.30 bits per heavy atom. The third kappa shape index (κ3) is 3.70. The average molecular weight is 369 g/mol. The molecule has 0 aromatic carbocycles. The van der Waals surface area contributed by atoms with Gasteiger partial charge in [0.1, 0.15) is 0 Å². The molecule has 2 atom stereocenters. The van der Waals surface area contributed by atoms with Crippen molar-refractivity contribution in [1.29, 1.82) is 0 Å². The number of piperidine rings is 1. The molecule has 2 fully saturated rings. The van der Waals surface area contributed by atoms with E-state index in [1.165, 1.54) is 0 Å². The Morgan fingerprint density at radius 3 is 3.11 bits per heavy atom. The highest BCUT2D eigenvalue weighted by Crippen LogP contribution is 2.31. The fourth-order valence-corrected chi connectivity index (χ4v) is 3.95. The summed E-state index contributed by atoms with van der Waals surface area (Å²) in [6, 6.07) is 3.87. The zero-order valence-corrected chi connectivity index (χ0v) is 15.4. The van der Waals surface area contributed by atoms with Crippen LogP contribution < -0.4 is 0 Å². The molecule has 0 bridgehead atoms. The van der Waals surface area contributed by atoms with E-state index in [2.05, 4.69) is 15.1 Å². The maximum absolute atomic E-state index is 12.5. The lowest BCUT2D eigenvalue weighted by Crippen LogP contribution is -2.49. The first-order chi connectivity index (χ1) is 13.1. The predicted molar refractivity (Wildman–Crippen MR) is 96.3 cm³/mol. The Labute approximate surface area is 157 Å². The minimum atomic E-state index is 0.133. The van der Waals surface area contributed by atoms with Gasteiger partial charge in [0.2, 0.25) is 23.5 Å². The molecule has 2 aliphatic rings. The Morgan fingerprint density at radius 1 is 1.41 bits per heavy atom. The molecule has 0 N–H and O–H groups in total. The number of likely N-dealkylation sites (tertiary alicyclic amines) is 2. The quantitative estimate of drug-likeness (QED) is 0.794. The molecular formula is C19H23N5O3. The standard InChI is InChI=1S/C19H23N5O3/c1-23-15-12-24(9-7-13(15)10-18(23)26)17(25)6-2-5-16-21-19(22-27-16)14-4-3-8-20-11-14/h3-4,8,11,13,15H,2,5-7,9-10,12H2,1H3/t13-,15-/m1/s1. The molecule has 2 amide bonds. The molecule has 4 heterocycles. The van der Waals surface area contributed by atoms with Gasteiger partial charge in [-0.15, -0.1) is 0 Å². The summed E-state index contributed by atoms with van der Waals surface area (Å²) in [5, 5.41) is 3.97. The maximum Gasteiger partial charge on any atom is 0.226 e. The number of hydrogen-bond acceptors (Lipinski definition) is 6. The largest absolute Gasteiger partial charge is 0.341 e. The molecule has 2 aromatic heterocycles. The molecule has 8 nitrogen and oxygen atoms in total. The van der Waals surface area contributed by atoms with Crippen molar-refractivity contribution in [2.45, 2.75) is 38.1 Å². The lowest BCUT2D eigenvalue weighted by atomic mass is 9.92. The van der Waals surface area contributed by atoms with E-state index < -0.39 is 0 Å². The second-order valence-electron chi connectivity index (χ2n) is 7.27. The van der Waals surface area contributed by atoms with E-state index in [1.54, 1.807) is 12.4 Å². The maximum atomic E-state index is 12.5. The number of fused-ring (bicyclic) bond motifs is 1. The van der Waals surface area contributed by atoms with E-state index in [9.17, 15) is 9.59 Å². The summed E-state index contributed by atoms with van der Waals surface area (Å²) < 4.78 is 5.27. The summed E-state index contributed by atoms with van der Waals surface area (Å²) in [7, 11) is 1.84. The van der Waals surface area contributed by atoms with Gasteiger partial charge in [0.05, 0.1) is 6.04 Å². The molecule has 2 saturated heterocycles. The van der Waals surface area contributed by atoms with E-state index in [4.69, 9.17) is 4.52 Å². The van der Waals surface area contributed by atoms with Crippen LogP contribution in [-0.2, 0) is 16.0 Å². The summed E-state index contributed by atoms with van der Waals surface area (Å²) in [6.45, 7) is 1.39. The van der Waals surface area contributed by atoms with Crippen molar-refractivity contribution in [2.24, 2.45) is 5.92 Å². The van der Waals surface area contributed by atoms with Gasteiger partial charge in [-0.05, 0) is 30.9 Å². The lowest BCUT2D eigenvalue weighted by molar-refractivity contribution is -0.135. The third-order valence-corrected chi connectivity index (χ3v) is 5.57. The molecule has 0 spiro atoms. The highest BCUT2D eigenvalue weighted by atomic mass is 16.5. The lowest BCUT2D eigenvalue weighted by Gasteiger charge is -2.37. The van der Waals surface area contributed by atoms with Crippen molar-refractivity contribution >= 4 is 11.8 Å². The molecule has 142 valence electrons. The van der Waals surface area contributed by atoms with E-state index >= 15 is 0 Å². The van der Waals surface area contributed by atoms with Crippen LogP contribution in [0.3, 0.4) is 0 Å². The van der Waals surface area contributed by atoms with Gasteiger partial charge in [-0.1, -0.05) is 5.16 Å². The van der Waals surface area contributed by atoms with Gasteiger partial charge in [0.25, 0.3) is 0 Å². The van der Waals surface area contributed by atoms with Crippen LogP contribution in [0.5, 0.6) is 0 Å². The number of pyridine rings is 1. The van der Waals surface area contributed by atoms with Crippen LogP contribution >= 0.6 is 0 Å². The van der Waals surface area contributed by atoms with Gasteiger partial charge in [-0.3, -0.25) is 14.6 Å². The minimum absolute atomic E-state index is 0.133. The molecular weight excluding hydrogens is 346 g/mol. The normalized spacial score (nSPS) is 22.2. The zero-order valence-electron chi connectivity index (χ0n) is 15.4. The van der Waals surface area contributed by atoms with Crippen molar-refractivity contribution in [1.82, 2.24) is 24.9 Å². The van der Waals surface area contributed by atoms with Crippen molar-refractivity contribution < 1.29 is 14.1 Å². The van der Waals surface area contributed by atoms with Gasteiger partial charge in [0.15, 0.2) is 0 Å². The number of amides is 2. The number of nitrogens with zero attached hydrogens (tertiary/aromatic N) is 5. The number of aryl methyl sites for hydroxylation is 1. The van der Waals surface area contributed by atoms with Gasteiger partial charge >= 0.3 is 0 Å². The van der Waals surface area contributed by atoms with Crippen molar-refractivity contribution in [3.05, 3.63) is 30.4 Å². The summed E-state index contributed by atoms with van der Waals surface area (Å²) >= 11 is 0. The first kappa shape index (κ1) is 17.6. The number of aromatic nitrogens is 3. The number of carbonyl (C=O) groups excluding carboxylic acids is 2. The third-order valence-electron chi connectivity index (χ3n) is 5.57. The Bertz CT molecular complexity index is 822. The predicted octanol–water partition coefficient (Wildman–Crippen LogP) is 1.53. The fourth-order valence-electron chi connectivity index (χ4n) is 3.95.